The van der Waals surface area contributed by atoms with Gasteiger partial charge in [-0.15, -0.1) is 11.3 Å². The third-order valence-corrected chi connectivity index (χ3v) is 4.96. The van der Waals surface area contributed by atoms with Crippen LogP contribution in [0, 0.1) is 5.82 Å². The number of nitrogens with one attached hydrogen (secondary N) is 2. The van der Waals surface area contributed by atoms with Crippen molar-refractivity contribution in [1.29, 1.82) is 0 Å². The van der Waals surface area contributed by atoms with Crippen molar-refractivity contribution in [3.05, 3.63) is 63.8 Å². The zero-order valence-electron chi connectivity index (χ0n) is 14.3. The first-order valence-corrected chi connectivity index (χ1v) is 9.65. The van der Waals surface area contributed by atoms with Crippen molar-refractivity contribution in [1.82, 2.24) is 4.98 Å². The lowest BCUT2D eigenvalue weighted by atomic mass is 10.2. The predicted octanol–water partition coefficient (Wildman–Crippen LogP) is 4.85. The normalized spacial score (nSPS) is 10.5. The van der Waals surface area contributed by atoms with Crippen molar-refractivity contribution in [3.63, 3.8) is 0 Å². The molecule has 5 nitrogen and oxygen atoms in total. The molecule has 2 aromatic carbocycles. The van der Waals surface area contributed by atoms with E-state index in [1.807, 2.05) is 24.3 Å². The molecule has 0 unspecified atom stereocenters. The Hall–Kier alpha value is -2.58. The van der Waals surface area contributed by atoms with E-state index in [4.69, 9.17) is 0 Å². The summed E-state index contributed by atoms with van der Waals surface area (Å²) < 4.78 is 14.9. The van der Waals surface area contributed by atoms with Crippen molar-refractivity contribution in [2.45, 2.75) is 13.3 Å². The number of benzene rings is 2. The summed E-state index contributed by atoms with van der Waals surface area (Å²) >= 11 is 4.86. The van der Waals surface area contributed by atoms with Crippen molar-refractivity contribution >= 4 is 50.5 Å². The minimum Gasteiger partial charge on any atom is -0.326 e. The number of hydrogen-bond acceptors (Lipinski definition) is 4. The Kier molecular flexibility index (Phi) is 5.98. The summed E-state index contributed by atoms with van der Waals surface area (Å²) in [5.74, 6) is -1.24. The highest BCUT2D eigenvalue weighted by Gasteiger charge is 2.12. The monoisotopic (exact) mass is 447 g/mol. The van der Waals surface area contributed by atoms with Gasteiger partial charge in [0.15, 0.2) is 0 Å². The van der Waals surface area contributed by atoms with Gasteiger partial charge in [-0.2, -0.15) is 0 Å². The maximum Gasteiger partial charge on any atom is 0.230 e. The first-order chi connectivity index (χ1) is 12.9. The van der Waals surface area contributed by atoms with E-state index in [-0.39, 0.29) is 23.9 Å². The molecular weight excluding hydrogens is 433 g/mol. The average molecular weight is 448 g/mol. The molecule has 0 saturated carbocycles. The zero-order valence-corrected chi connectivity index (χ0v) is 16.7. The summed E-state index contributed by atoms with van der Waals surface area (Å²) in [5, 5.41) is 7.68. The summed E-state index contributed by atoms with van der Waals surface area (Å²) in [6.07, 6.45) is 0.0221. The van der Waals surface area contributed by atoms with Crippen LogP contribution in [0.4, 0.5) is 15.8 Å². The van der Waals surface area contributed by atoms with Crippen molar-refractivity contribution in [2.75, 3.05) is 10.6 Å². The van der Waals surface area contributed by atoms with Crippen LogP contribution in [0.25, 0.3) is 10.6 Å². The fraction of sp³-hybridized carbons (Fsp3) is 0.105. The molecule has 0 fully saturated rings. The summed E-state index contributed by atoms with van der Waals surface area (Å²) in [5.41, 5.74) is 1.97. The highest BCUT2D eigenvalue weighted by Crippen LogP contribution is 2.26. The molecule has 8 heteroatoms. The average Bonchev–Trinajstić information content (AvgIpc) is 3.06. The summed E-state index contributed by atoms with van der Waals surface area (Å²) in [4.78, 5) is 27.8. The third kappa shape index (κ3) is 5.21. The van der Waals surface area contributed by atoms with E-state index in [9.17, 15) is 14.0 Å². The Morgan fingerprint density at radius 1 is 1.19 bits per heavy atom. The molecule has 1 heterocycles. The number of amides is 2. The molecule has 0 aliphatic carbocycles. The highest BCUT2D eigenvalue weighted by atomic mass is 79.9. The standard InChI is InChI=1S/C19H15BrFN3O2S/c1-11(25)22-14-5-6-16(21)17(8-14)24-18(26)9-15-10-27-19(23-15)12-3-2-4-13(20)7-12/h2-8,10H,9H2,1H3,(H,22,25)(H,24,26). The van der Waals surface area contributed by atoms with E-state index in [2.05, 4.69) is 31.5 Å². The number of anilines is 2. The number of thiazole rings is 1. The minimum absolute atomic E-state index is 0.00805. The van der Waals surface area contributed by atoms with E-state index < -0.39 is 5.82 Å². The summed E-state index contributed by atoms with van der Waals surface area (Å²) in [6.45, 7) is 1.35. The van der Waals surface area contributed by atoms with Crippen LogP contribution in [0.15, 0.2) is 52.3 Å². The van der Waals surface area contributed by atoms with E-state index >= 15 is 0 Å². The van der Waals surface area contributed by atoms with Gasteiger partial charge in [0.05, 0.1) is 17.8 Å². The van der Waals surface area contributed by atoms with Crippen molar-refractivity contribution in [3.8, 4) is 10.6 Å². The van der Waals surface area contributed by atoms with E-state index in [1.165, 1.54) is 36.5 Å². The summed E-state index contributed by atoms with van der Waals surface area (Å²) in [6, 6.07) is 11.7. The maximum absolute atomic E-state index is 13.9. The highest BCUT2D eigenvalue weighted by molar-refractivity contribution is 9.10. The quantitative estimate of drug-likeness (QED) is 0.586. The van der Waals surface area contributed by atoms with Crippen LogP contribution < -0.4 is 10.6 Å². The Bertz CT molecular complexity index is 1010. The van der Waals surface area contributed by atoms with Gasteiger partial charge in [-0.1, -0.05) is 28.1 Å². The van der Waals surface area contributed by atoms with Crippen molar-refractivity contribution in [2.24, 2.45) is 0 Å². The second-order valence-corrected chi connectivity index (χ2v) is 7.53. The Morgan fingerprint density at radius 2 is 2.00 bits per heavy atom. The smallest absolute Gasteiger partial charge is 0.230 e. The number of hydrogen-bond donors (Lipinski definition) is 2. The van der Waals surface area contributed by atoms with Gasteiger partial charge in [-0.05, 0) is 30.3 Å². The molecule has 0 saturated heterocycles. The summed E-state index contributed by atoms with van der Waals surface area (Å²) in [7, 11) is 0. The van der Waals surface area contributed by atoms with Crippen LogP contribution in [0.3, 0.4) is 0 Å². The first kappa shape index (κ1) is 19.2. The largest absolute Gasteiger partial charge is 0.326 e. The number of aromatic nitrogens is 1. The van der Waals surface area contributed by atoms with Gasteiger partial charge in [0.2, 0.25) is 11.8 Å². The molecule has 0 aliphatic heterocycles. The van der Waals surface area contributed by atoms with Crippen LogP contribution in [-0.4, -0.2) is 16.8 Å². The van der Waals surface area contributed by atoms with Crippen LogP contribution in [0.1, 0.15) is 12.6 Å². The zero-order chi connectivity index (χ0) is 19.4. The molecule has 0 spiro atoms. The van der Waals surface area contributed by atoms with Gasteiger partial charge >= 0.3 is 0 Å². The Labute approximate surface area is 167 Å². The fourth-order valence-corrected chi connectivity index (χ4v) is 3.62. The number of carbonyl (C=O) groups excluding carboxylic acids is 2. The molecule has 0 aliphatic rings. The van der Waals surface area contributed by atoms with Crippen molar-refractivity contribution < 1.29 is 14.0 Å². The van der Waals surface area contributed by atoms with Crippen LogP contribution >= 0.6 is 27.3 Å². The van der Waals surface area contributed by atoms with E-state index in [1.54, 1.807) is 5.38 Å². The van der Waals surface area contributed by atoms with Crippen LogP contribution in [0.5, 0.6) is 0 Å². The van der Waals surface area contributed by atoms with Gasteiger partial charge in [-0.3, -0.25) is 9.59 Å². The molecule has 3 rings (SSSR count). The van der Waals surface area contributed by atoms with Gasteiger partial charge in [-0.25, -0.2) is 9.37 Å². The van der Waals surface area contributed by atoms with Crippen LogP contribution in [0.2, 0.25) is 0 Å². The predicted molar refractivity (Wildman–Crippen MR) is 108 cm³/mol. The molecule has 27 heavy (non-hydrogen) atoms. The topological polar surface area (TPSA) is 71.1 Å². The molecule has 1 aromatic heterocycles. The second-order valence-electron chi connectivity index (χ2n) is 5.76. The molecule has 0 atom stereocenters. The third-order valence-electron chi connectivity index (χ3n) is 3.53. The lowest BCUT2D eigenvalue weighted by Crippen LogP contribution is -2.16. The minimum atomic E-state index is -0.578. The fourth-order valence-electron chi connectivity index (χ4n) is 2.40. The number of halogens is 2. The number of nitrogens with zero attached hydrogens (tertiary/aromatic N) is 1. The SMILES string of the molecule is CC(=O)Nc1ccc(F)c(NC(=O)Cc2csc(-c3cccc(Br)c3)n2)c1. The lowest BCUT2D eigenvalue weighted by Gasteiger charge is -2.08. The van der Waals surface area contributed by atoms with E-state index in [0.717, 1.165) is 15.0 Å². The molecule has 2 N–H and O–H groups in total. The molecule has 0 bridgehead atoms. The molecule has 3 aromatic rings. The molecular formula is C19H15BrFN3O2S. The van der Waals surface area contributed by atoms with Gasteiger partial charge in [0, 0.05) is 28.0 Å². The first-order valence-electron chi connectivity index (χ1n) is 7.98. The Morgan fingerprint density at radius 3 is 2.74 bits per heavy atom. The number of carbonyl (C=O) groups is 2. The molecule has 2 amide bonds. The molecule has 138 valence electrons. The van der Waals surface area contributed by atoms with E-state index in [0.29, 0.717) is 11.4 Å². The van der Waals surface area contributed by atoms with Gasteiger partial charge in [0.1, 0.15) is 10.8 Å². The number of rotatable bonds is 5. The lowest BCUT2D eigenvalue weighted by molar-refractivity contribution is -0.116. The van der Waals surface area contributed by atoms with Gasteiger partial charge in [0.25, 0.3) is 0 Å². The second kappa shape index (κ2) is 8.41. The van der Waals surface area contributed by atoms with Crippen LogP contribution in [-0.2, 0) is 16.0 Å². The van der Waals surface area contributed by atoms with Gasteiger partial charge < -0.3 is 10.6 Å². The Balaban J connectivity index is 1.69. The molecule has 0 radical (unpaired) electrons. The maximum atomic E-state index is 13.9.